The molecule has 2 nitrogen and oxygen atoms in total. The maximum absolute atomic E-state index is 13.0. The van der Waals surface area contributed by atoms with Gasteiger partial charge in [-0.25, -0.2) is 4.39 Å². The van der Waals surface area contributed by atoms with Crippen LogP contribution in [0.2, 0.25) is 5.02 Å². The molecule has 0 saturated carbocycles. The van der Waals surface area contributed by atoms with Crippen LogP contribution in [0.1, 0.15) is 24.1 Å². The van der Waals surface area contributed by atoms with Crippen molar-refractivity contribution in [3.05, 3.63) is 62.8 Å². The van der Waals surface area contributed by atoms with Gasteiger partial charge in [-0.15, -0.1) is 0 Å². The topological polar surface area (TPSA) is 35.8 Å². The zero-order valence-electron chi connectivity index (χ0n) is 10.6. The lowest BCUT2D eigenvalue weighted by molar-refractivity contribution is 0.626. The molecule has 0 heterocycles. The van der Waals surface area contributed by atoms with Crippen LogP contribution in [-0.4, -0.2) is 0 Å². The van der Waals surface area contributed by atoms with Crippen molar-refractivity contribution in [3.63, 3.8) is 0 Å². The Morgan fingerprint density at radius 1 is 1.30 bits per heavy atom. The van der Waals surface area contributed by atoms with Crippen LogP contribution >= 0.6 is 27.5 Å². The van der Waals surface area contributed by atoms with Crippen LogP contribution < -0.4 is 5.32 Å². The van der Waals surface area contributed by atoms with E-state index in [2.05, 4.69) is 27.3 Å². The lowest BCUT2D eigenvalue weighted by Crippen LogP contribution is -2.08. The summed E-state index contributed by atoms with van der Waals surface area (Å²) in [4.78, 5) is 0. The molecule has 0 saturated heterocycles. The molecule has 0 aliphatic heterocycles. The quantitative estimate of drug-likeness (QED) is 0.814. The van der Waals surface area contributed by atoms with Crippen LogP contribution in [0.3, 0.4) is 0 Å². The van der Waals surface area contributed by atoms with E-state index in [-0.39, 0.29) is 11.9 Å². The molecule has 0 amide bonds. The van der Waals surface area contributed by atoms with Crippen molar-refractivity contribution in [1.29, 1.82) is 5.26 Å². The summed E-state index contributed by atoms with van der Waals surface area (Å²) in [6, 6.07) is 11.7. The molecule has 0 aliphatic carbocycles. The van der Waals surface area contributed by atoms with E-state index in [1.165, 1.54) is 12.1 Å². The monoisotopic (exact) mass is 352 g/mol. The molecule has 1 N–H and O–H groups in total. The van der Waals surface area contributed by atoms with Crippen molar-refractivity contribution in [2.75, 3.05) is 5.32 Å². The van der Waals surface area contributed by atoms with Gasteiger partial charge in [-0.2, -0.15) is 5.26 Å². The van der Waals surface area contributed by atoms with Crippen LogP contribution in [0.4, 0.5) is 10.1 Å². The predicted molar refractivity (Wildman–Crippen MR) is 82.3 cm³/mol. The van der Waals surface area contributed by atoms with Gasteiger partial charge in [-0.1, -0.05) is 33.6 Å². The number of nitrogens with one attached hydrogen (secondary N) is 1. The molecule has 0 spiro atoms. The Labute approximate surface area is 130 Å². The van der Waals surface area contributed by atoms with Crippen molar-refractivity contribution in [1.82, 2.24) is 0 Å². The Morgan fingerprint density at radius 2 is 2.05 bits per heavy atom. The standard InChI is InChI=1S/C15H11BrClFN2/c1-9(13-4-3-12(18)7-14(13)17)20-15-5-2-11(16)6-10(15)8-19/h2-7,9,20H,1H3. The highest BCUT2D eigenvalue weighted by Crippen LogP contribution is 2.28. The first kappa shape index (κ1) is 14.8. The number of nitrogens with zero attached hydrogens (tertiary/aromatic N) is 1. The molecule has 0 aromatic heterocycles. The van der Waals surface area contributed by atoms with Crippen LogP contribution in [0.15, 0.2) is 40.9 Å². The van der Waals surface area contributed by atoms with Crippen LogP contribution in [-0.2, 0) is 0 Å². The number of hydrogen-bond donors (Lipinski definition) is 1. The van der Waals surface area contributed by atoms with E-state index in [0.29, 0.717) is 16.3 Å². The first-order chi connectivity index (χ1) is 9.51. The van der Waals surface area contributed by atoms with Gasteiger partial charge in [0.1, 0.15) is 11.9 Å². The third kappa shape index (κ3) is 3.30. The van der Waals surface area contributed by atoms with Crippen molar-refractivity contribution in [2.45, 2.75) is 13.0 Å². The molecule has 5 heteroatoms. The van der Waals surface area contributed by atoms with E-state index >= 15 is 0 Å². The molecule has 2 rings (SSSR count). The van der Waals surface area contributed by atoms with E-state index in [1.54, 1.807) is 12.1 Å². The molecule has 102 valence electrons. The van der Waals surface area contributed by atoms with Crippen molar-refractivity contribution < 1.29 is 4.39 Å². The third-order valence-electron chi connectivity index (χ3n) is 2.90. The third-order valence-corrected chi connectivity index (χ3v) is 3.72. The average Bonchev–Trinajstić information content (AvgIpc) is 2.40. The summed E-state index contributed by atoms with van der Waals surface area (Å²) in [5.41, 5.74) is 2.02. The van der Waals surface area contributed by atoms with Gasteiger partial charge in [0.15, 0.2) is 0 Å². The second-order valence-corrected chi connectivity index (χ2v) is 5.66. The summed E-state index contributed by atoms with van der Waals surface area (Å²) in [5, 5.41) is 12.7. The van der Waals surface area contributed by atoms with Gasteiger partial charge in [0.05, 0.1) is 17.3 Å². The fourth-order valence-corrected chi connectivity index (χ4v) is 2.59. The molecular formula is C15H11BrClFN2. The molecule has 0 radical (unpaired) electrons. The predicted octanol–water partition coefficient (Wildman–Crippen LogP) is 5.29. The molecule has 0 bridgehead atoms. The van der Waals surface area contributed by atoms with Crippen LogP contribution in [0.5, 0.6) is 0 Å². The lowest BCUT2D eigenvalue weighted by atomic mass is 10.1. The molecule has 1 unspecified atom stereocenters. The Balaban J connectivity index is 2.28. The van der Waals surface area contributed by atoms with Gasteiger partial charge in [0, 0.05) is 9.50 Å². The number of benzene rings is 2. The smallest absolute Gasteiger partial charge is 0.124 e. The fraction of sp³-hybridized carbons (Fsp3) is 0.133. The lowest BCUT2D eigenvalue weighted by Gasteiger charge is -2.18. The van der Waals surface area contributed by atoms with E-state index in [0.717, 1.165) is 10.0 Å². The SMILES string of the molecule is CC(Nc1ccc(Br)cc1C#N)c1ccc(F)cc1Cl. The molecular weight excluding hydrogens is 343 g/mol. The highest BCUT2D eigenvalue weighted by atomic mass is 79.9. The zero-order chi connectivity index (χ0) is 14.7. The summed E-state index contributed by atoms with van der Waals surface area (Å²) in [7, 11) is 0. The summed E-state index contributed by atoms with van der Waals surface area (Å²) in [5.74, 6) is -0.368. The van der Waals surface area contributed by atoms with E-state index in [4.69, 9.17) is 16.9 Å². The van der Waals surface area contributed by atoms with E-state index in [9.17, 15) is 4.39 Å². The van der Waals surface area contributed by atoms with Gasteiger partial charge in [-0.05, 0) is 42.8 Å². The van der Waals surface area contributed by atoms with Crippen LogP contribution in [0, 0.1) is 17.1 Å². The van der Waals surface area contributed by atoms with E-state index in [1.807, 2.05) is 19.1 Å². The van der Waals surface area contributed by atoms with Crippen molar-refractivity contribution >= 4 is 33.2 Å². The van der Waals surface area contributed by atoms with Gasteiger partial charge in [0.2, 0.25) is 0 Å². The highest BCUT2D eigenvalue weighted by Gasteiger charge is 2.12. The maximum Gasteiger partial charge on any atom is 0.124 e. The number of anilines is 1. The largest absolute Gasteiger partial charge is 0.377 e. The first-order valence-corrected chi connectivity index (χ1v) is 7.09. The summed E-state index contributed by atoms with van der Waals surface area (Å²) < 4.78 is 13.9. The molecule has 0 fully saturated rings. The molecule has 1 atom stereocenters. The van der Waals surface area contributed by atoms with Gasteiger partial charge >= 0.3 is 0 Å². The van der Waals surface area contributed by atoms with Gasteiger partial charge in [0.25, 0.3) is 0 Å². The Morgan fingerprint density at radius 3 is 2.70 bits per heavy atom. The van der Waals surface area contributed by atoms with Gasteiger partial charge < -0.3 is 5.32 Å². The first-order valence-electron chi connectivity index (χ1n) is 5.92. The van der Waals surface area contributed by atoms with E-state index < -0.39 is 0 Å². The summed E-state index contributed by atoms with van der Waals surface area (Å²) in [6.07, 6.45) is 0. The Hall–Kier alpha value is -1.57. The number of nitriles is 1. The second kappa shape index (κ2) is 6.25. The van der Waals surface area contributed by atoms with Crippen molar-refractivity contribution in [2.24, 2.45) is 0 Å². The van der Waals surface area contributed by atoms with Crippen LogP contribution in [0.25, 0.3) is 0 Å². The second-order valence-electron chi connectivity index (χ2n) is 4.33. The normalized spacial score (nSPS) is 11.8. The summed E-state index contributed by atoms with van der Waals surface area (Å²) in [6.45, 7) is 1.91. The fourth-order valence-electron chi connectivity index (χ4n) is 1.90. The molecule has 2 aromatic carbocycles. The number of rotatable bonds is 3. The minimum absolute atomic E-state index is 0.142. The molecule has 0 aliphatic rings. The Bertz CT molecular complexity index is 682. The molecule has 2 aromatic rings. The van der Waals surface area contributed by atoms with Crippen molar-refractivity contribution in [3.8, 4) is 6.07 Å². The molecule has 20 heavy (non-hydrogen) atoms. The minimum Gasteiger partial charge on any atom is -0.377 e. The average molecular weight is 354 g/mol. The highest BCUT2D eigenvalue weighted by molar-refractivity contribution is 9.10. The zero-order valence-corrected chi connectivity index (χ0v) is 13.0. The van der Waals surface area contributed by atoms with Gasteiger partial charge in [-0.3, -0.25) is 0 Å². The number of halogens is 3. The number of hydrogen-bond acceptors (Lipinski definition) is 2. The Kier molecular flexibility index (Phi) is 4.64. The maximum atomic E-state index is 13.0. The minimum atomic E-state index is -0.368. The summed E-state index contributed by atoms with van der Waals surface area (Å²) >= 11 is 9.36.